The minimum Gasteiger partial charge on any atom is -0.473 e. The Morgan fingerprint density at radius 1 is 1.00 bits per heavy atom. The quantitative estimate of drug-likeness (QED) is 0.526. The molecule has 52 valence electrons. The second-order valence-electron chi connectivity index (χ2n) is 1.70. The monoisotopic (exact) mass is 126 g/mol. The van der Waals surface area contributed by atoms with Gasteiger partial charge in [-0.25, -0.2) is 0 Å². The van der Waals surface area contributed by atoms with E-state index in [2.05, 4.69) is 13.8 Å². The molecule has 0 fully saturated rings. The second kappa shape index (κ2) is 7.28. The second-order valence-corrected chi connectivity index (χ2v) is 1.70. The molecule has 0 aromatic carbocycles. The van der Waals surface area contributed by atoms with Crippen molar-refractivity contribution in [1.82, 2.24) is 0 Å². The van der Waals surface area contributed by atoms with Gasteiger partial charge in [-0.15, -0.1) is 0 Å². The molecule has 0 N–H and O–H groups in total. The first-order valence-electron chi connectivity index (χ1n) is 3.37. The molecule has 0 aliphatic heterocycles. The zero-order valence-electron chi connectivity index (χ0n) is 6.13. The van der Waals surface area contributed by atoms with Crippen LogP contribution in [0.1, 0.15) is 26.7 Å². The lowest BCUT2D eigenvalue weighted by Gasteiger charge is -1.85. The number of hydrogen-bond donors (Lipinski definition) is 0. The van der Waals surface area contributed by atoms with E-state index >= 15 is 0 Å². The molecule has 0 rings (SSSR count). The normalized spacial score (nSPS) is 11.3. The van der Waals surface area contributed by atoms with Gasteiger partial charge in [-0.05, 0) is 25.0 Å². The van der Waals surface area contributed by atoms with Crippen LogP contribution in [0.15, 0.2) is 24.7 Å². The first-order chi connectivity index (χ1) is 4.41. The molecule has 0 saturated carbocycles. The summed E-state index contributed by atoms with van der Waals surface area (Å²) in [7, 11) is 0. The van der Waals surface area contributed by atoms with Gasteiger partial charge in [0, 0.05) is 0 Å². The summed E-state index contributed by atoms with van der Waals surface area (Å²) in [6.45, 7) is 4.15. The van der Waals surface area contributed by atoms with Crippen molar-refractivity contribution in [3.63, 3.8) is 0 Å². The summed E-state index contributed by atoms with van der Waals surface area (Å²) in [5, 5.41) is 0. The molecule has 0 radical (unpaired) electrons. The average molecular weight is 126 g/mol. The van der Waals surface area contributed by atoms with Gasteiger partial charge < -0.3 is 4.74 Å². The van der Waals surface area contributed by atoms with Crippen molar-refractivity contribution in [1.29, 1.82) is 0 Å². The summed E-state index contributed by atoms with van der Waals surface area (Å²) in [5.74, 6) is 0. The van der Waals surface area contributed by atoms with Crippen molar-refractivity contribution in [3.05, 3.63) is 24.7 Å². The van der Waals surface area contributed by atoms with Crippen molar-refractivity contribution in [3.8, 4) is 0 Å². The van der Waals surface area contributed by atoms with E-state index in [-0.39, 0.29) is 0 Å². The van der Waals surface area contributed by atoms with Crippen LogP contribution in [-0.4, -0.2) is 0 Å². The minimum atomic E-state index is 1.03. The molecule has 0 unspecified atom stereocenters. The fourth-order valence-corrected chi connectivity index (χ4v) is 0.349. The molecule has 0 aliphatic carbocycles. The van der Waals surface area contributed by atoms with Gasteiger partial charge in [0.05, 0.1) is 12.5 Å². The third-order valence-electron chi connectivity index (χ3n) is 0.821. The van der Waals surface area contributed by atoms with Crippen molar-refractivity contribution in [2.75, 3.05) is 0 Å². The first-order valence-corrected chi connectivity index (χ1v) is 3.37. The summed E-state index contributed by atoms with van der Waals surface area (Å²) >= 11 is 0. The topological polar surface area (TPSA) is 9.23 Å². The Morgan fingerprint density at radius 2 is 1.44 bits per heavy atom. The van der Waals surface area contributed by atoms with Gasteiger partial charge in [0.15, 0.2) is 0 Å². The highest BCUT2D eigenvalue weighted by Crippen LogP contribution is 1.85. The molecule has 9 heavy (non-hydrogen) atoms. The van der Waals surface area contributed by atoms with Gasteiger partial charge >= 0.3 is 0 Å². The first kappa shape index (κ1) is 8.28. The van der Waals surface area contributed by atoms with Crippen LogP contribution in [-0.2, 0) is 4.74 Å². The lowest BCUT2D eigenvalue weighted by atomic mass is 10.5. The fraction of sp³-hybridized carbons (Fsp3) is 0.500. The maximum atomic E-state index is 4.95. The molecule has 0 aliphatic rings. The SMILES string of the molecule is CC/C=C\O/C=C\CC. The van der Waals surface area contributed by atoms with E-state index in [4.69, 9.17) is 4.74 Å². The highest BCUT2D eigenvalue weighted by atomic mass is 16.5. The Morgan fingerprint density at radius 3 is 1.78 bits per heavy atom. The van der Waals surface area contributed by atoms with Crippen LogP contribution in [0.4, 0.5) is 0 Å². The van der Waals surface area contributed by atoms with Crippen LogP contribution in [0.2, 0.25) is 0 Å². The molecule has 0 aromatic rings. The Bertz CT molecular complexity index is 80.7. The van der Waals surface area contributed by atoms with E-state index in [9.17, 15) is 0 Å². The predicted octanol–water partition coefficient (Wildman–Crippen LogP) is 2.85. The molecule has 0 bridgehead atoms. The Hall–Kier alpha value is -0.720. The predicted molar refractivity (Wildman–Crippen MR) is 39.9 cm³/mol. The maximum absolute atomic E-state index is 4.95. The van der Waals surface area contributed by atoms with Crippen molar-refractivity contribution < 1.29 is 4.74 Å². The van der Waals surface area contributed by atoms with Gasteiger partial charge in [0.25, 0.3) is 0 Å². The molecule has 0 amide bonds. The van der Waals surface area contributed by atoms with E-state index in [0.717, 1.165) is 12.8 Å². The average Bonchev–Trinajstić information content (AvgIpc) is 1.89. The van der Waals surface area contributed by atoms with Crippen molar-refractivity contribution >= 4 is 0 Å². The van der Waals surface area contributed by atoms with E-state index in [0.29, 0.717) is 0 Å². The molecule has 0 spiro atoms. The Kier molecular flexibility index (Phi) is 6.70. The molecule has 0 aromatic heterocycles. The number of hydrogen-bond acceptors (Lipinski definition) is 1. The van der Waals surface area contributed by atoms with E-state index < -0.39 is 0 Å². The molecule has 0 atom stereocenters. The van der Waals surface area contributed by atoms with Crippen LogP contribution in [0.25, 0.3) is 0 Å². The zero-order chi connectivity index (χ0) is 6.95. The Labute approximate surface area is 57.0 Å². The largest absolute Gasteiger partial charge is 0.473 e. The van der Waals surface area contributed by atoms with Gasteiger partial charge in [-0.1, -0.05) is 13.8 Å². The number of ether oxygens (including phenoxy) is 1. The van der Waals surface area contributed by atoms with Crippen molar-refractivity contribution in [2.45, 2.75) is 26.7 Å². The minimum absolute atomic E-state index is 1.03. The smallest absolute Gasteiger partial charge is 0.0861 e. The fourth-order valence-electron chi connectivity index (χ4n) is 0.349. The van der Waals surface area contributed by atoms with Gasteiger partial charge in [0.2, 0.25) is 0 Å². The van der Waals surface area contributed by atoms with Gasteiger partial charge in [-0.2, -0.15) is 0 Å². The van der Waals surface area contributed by atoms with Crippen LogP contribution < -0.4 is 0 Å². The summed E-state index contributed by atoms with van der Waals surface area (Å²) in [6.07, 6.45) is 9.40. The highest BCUT2D eigenvalue weighted by molar-refractivity contribution is 4.77. The summed E-state index contributed by atoms with van der Waals surface area (Å²) in [4.78, 5) is 0. The molecular formula is C8H14O. The number of allylic oxidation sites excluding steroid dienone is 2. The lowest BCUT2D eigenvalue weighted by molar-refractivity contribution is 0.399. The number of rotatable bonds is 4. The third kappa shape index (κ3) is 7.28. The van der Waals surface area contributed by atoms with Gasteiger partial charge in [0.1, 0.15) is 0 Å². The van der Waals surface area contributed by atoms with Crippen LogP contribution in [0, 0.1) is 0 Å². The summed E-state index contributed by atoms with van der Waals surface area (Å²) in [5.41, 5.74) is 0. The summed E-state index contributed by atoms with van der Waals surface area (Å²) in [6, 6.07) is 0. The van der Waals surface area contributed by atoms with E-state index in [1.165, 1.54) is 0 Å². The van der Waals surface area contributed by atoms with Crippen LogP contribution in [0.5, 0.6) is 0 Å². The lowest BCUT2D eigenvalue weighted by Crippen LogP contribution is -1.64. The molecule has 1 nitrogen and oxygen atoms in total. The molecule has 0 heterocycles. The molecule has 0 saturated heterocycles. The highest BCUT2D eigenvalue weighted by Gasteiger charge is 1.66. The van der Waals surface area contributed by atoms with Crippen LogP contribution >= 0.6 is 0 Å². The Balaban J connectivity index is 3.08. The maximum Gasteiger partial charge on any atom is 0.0861 e. The standard InChI is InChI=1S/C8H14O/c1-3-5-7-9-8-6-4-2/h5-8H,3-4H2,1-2H3/b7-5-,8-6-. The van der Waals surface area contributed by atoms with Crippen molar-refractivity contribution in [2.24, 2.45) is 0 Å². The molecule has 1 heteroatoms. The molecular weight excluding hydrogens is 112 g/mol. The zero-order valence-corrected chi connectivity index (χ0v) is 6.13. The van der Waals surface area contributed by atoms with Crippen LogP contribution in [0.3, 0.4) is 0 Å². The van der Waals surface area contributed by atoms with E-state index in [1.54, 1.807) is 12.5 Å². The van der Waals surface area contributed by atoms with E-state index in [1.807, 2.05) is 12.2 Å². The summed E-state index contributed by atoms with van der Waals surface area (Å²) < 4.78 is 4.95. The third-order valence-corrected chi connectivity index (χ3v) is 0.821. The van der Waals surface area contributed by atoms with Gasteiger partial charge in [-0.3, -0.25) is 0 Å².